The first-order chi connectivity index (χ1) is 9.66. The van der Waals surface area contributed by atoms with Crippen molar-refractivity contribution in [1.82, 2.24) is 9.97 Å². The Kier molecular flexibility index (Phi) is 3.23. The zero-order valence-corrected chi connectivity index (χ0v) is 11.1. The number of hydrogen-bond donors (Lipinski definition) is 1. The van der Waals surface area contributed by atoms with Crippen molar-refractivity contribution in [3.63, 3.8) is 0 Å². The number of carbonyl (C=O) groups is 1. The van der Waals surface area contributed by atoms with Crippen molar-refractivity contribution in [3.8, 4) is 0 Å². The summed E-state index contributed by atoms with van der Waals surface area (Å²) in [7, 11) is 1.98. The van der Waals surface area contributed by atoms with Crippen molar-refractivity contribution in [2.45, 2.75) is 12.5 Å². The van der Waals surface area contributed by atoms with Crippen LogP contribution in [0.25, 0.3) is 10.9 Å². The Morgan fingerprint density at radius 1 is 1.45 bits per heavy atom. The molecule has 1 saturated heterocycles. The highest BCUT2D eigenvalue weighted by Crippen LogP contribution is 2.26. The molecule has 1 fully saturated rings. The number of benzene rings is 1. The van der Waals surface area contributed by atoms with Gasteiger partial charge in [-0.15, -0.1) is 0 Å². The predicted molar refractivity (Wildman–Crippen MR) is 74.1 cm³/mol. The molecule has 1 aliphatic rings. The molecule has 0 radical (unpaired) electrons. The molecule has 1 unspecified atom stereocenters. The van der Waals surface area contributed by atoms with Crippen molar-refractivity contribution >= 4 is 22.7 Å². The lowest BCUT2D eigenvalue weighted by atomic mass is 10.1. The van der Waals surface area contributed by atoms with E-state index >= 15 is 0 Å². The first-order valence-corrected chi connectivity index (χ1v) is 6.45. The number of hydrogen-bond acceptors (Lipinski definition) is 5. The van der Waals surface area contributed by atoms with E-state index in [2.05, 4.69) is 14.9 Å². The molecule has 1 N–H and O–H groups in total. The topological polar surface area (TPSA) is 75.6 Å². The van der Waals surface area contributed by atoms with Crippen LogP contribution < -0.4 is 4.90 Å². The van der Waals surface area contributed by atoms with Gasteiger partial charge in [0, 0.05) is 19.0 Å². The molecule has 0 aliphatic carbocycles. The van der Waals surface area contributed by atoms with Crippen LogP contribution in [0.1, 0.15) is 16.8 Å². The molecule has 0 saturated carbocycles. The van der Waals surface area contributed by atoms with Crippen LogP contribution in [0.15, 0.2) is 24.5 Å². The molecule has 0 spiro atoms. The predicted octanol–water partition coefficient (Wildman–Crippen LogP) is 1.55. The number of rotatable bonds is 3. The summed E-state index contributed by atoms with van der Waals surface area (Å²) in [5.74, 6) is -0.146. The minimum atomic E-state index is -0.954. The van der Waals surface area contributed by atoms with Gasteiger partial charge < -0.3 is 14.7 Å². The number of carboxylic acids is 1. The van der Waals surface area contributed by atoms with Crippen LogP contribution in [0.2, 0.25) is 0 Å². The molecule has 0 bridgehead atoms. The van der Waals surface area contributed by atoms with Gasteiger partial charge in [-0.3, -0.25) is 0 Å². The number of aromatic nitrogens is 2. The molecular weight excluding hydrogens is 258 g/mol. The van der Waals surface area contributed by atoms with Crippen LogP contribution in [0.3, 0.4) is 0 Å². The second-order valence-electron chi connectivity index (χ2n) is 4.86. The van der Waals surface area contributed by atoms with Crippen molar-refractivity contribution in [2.24, 2.45) is 0 Å². The van der Waals surface area contributed by atoms with E-state index in [9.17, 15) is 4.79 Å². The average Bonchev–Trinajstić information content (AvgIpc) is 2.99. The van der Waals surface area contributed by atoms with Gasteiger partial charge in [-0.25, -0.2) is 14.8 Å². The third-order valence-corrected chi connectivity index (χ3v) is 3.65. The summed E-state index contributed by atoms with van der Waals surface area (Å²) in [6.45, 7) is 1.45. The maximum Gasteiger partial charge on any atom is 0.335 e. The van der Waals surface area contributed by atoms with Crippen LogP contribution in [0.4, 0.5) is 5.82 Å². The molecule has 2 aromatic rings. The number of anilines is 1. The van der Waals surface area contributed by atoms with E-state index in [-0.39, 0.29) is 5.56 Å². The fourth-order valence-electron chi connectivity index (χ4n) is 2.46. The highest BCUT2D eigenvalue weighted by Gasteiger charge is 2.23. The van der Waals surface area contributed by atoms with Crippen LogP contribution in [0, 0.1) is 0 Å². The van der Waals surface area contributed by atoms with Crippen molar-refractivity contribution in [3.05, 3.63) is 30.1 Å². The Morgan fingerprint density at radius 2 is 2.30 bits per heavy atom. The summed E-state index contributed by atoms with van der Waals surface area (Å²) in [5.41, 5.74) is 0.870. The molecule has 6 nitrogen and oxygen atoms in total. The van der Waals surface area contributed by atoms with E-state index in [1.165, 1.54) is 6.33 Å². The number of ether oxygens (including phenoxy) is 1. The van der Waals surface area contributed by atoms with Crippen LogP contribution in [-0.4, -0.2) is 47.3 Å². The largest absolute Gasteiger partial charge is 0.478 e. The summed E-state index contributed by atoms with van der Waals surface area (Å²) >= 11 is 0. The standard InChI is InChI=1S/C14H15N3O3/c1-17(10-4-5-20-7-10)13-11-3-2-9(14(18)19)6-12(11)15-8-16-13/h2-3,6,8,10H,4-5,7H2,1H3,(H,18,19). The van der Waals surface area contributed by atoms with Gasteiger partial charge in [-0.05, 0) is 24.6 Å². The zero-order valence-electron chi connectivity index (χ0n) is 11.1. The first kappa shape index (κ1) is 12.8. The maximum atomic E-state index is 11.0. The fourth-order valence-corrected chi connectivity index (χ4v) is 2.46. The summed E-state index contributed by atoms with van der Waals surface area (Å²) in [4.78, 5) is 21.6. The van der Waals surface area contributed by atoms with E-state index in [0.717, 1.165) is 24.2 Å². The minimum absolute atomic E-state index is 0.231. The molecule has 104 valence electrons. The molecule has 3 rings (SSSR count). The lowest BCUT2D eigenvalue weighted by Crippen LogP contribution is -2.32. The maximum absolute atomic E-state index is 11.0. The SMILES string of the molecule is CN(c1ncnc2cc(C(=O)O)ccc12)C1CCOC1. The number of fused-ring (bicyclic) bond motifs is 1. The van der Waals surface area contributed by atoms with Gasteiger partial charge in [0.05, 0.1) is 23.7 Å². The van der Waals surface area contributed by atoms with Gasteiger partial charge >= 0.3 is 5.97 Å². The lowest BCUT2D eigenvalue weighted by Gasteiger charge is -2.25. The summed E-state index contributed by atoms with van der Waals surface area (Å²) < 4.78 is 5.40. The summed E-state index contributed by atoms with van der Waals surface area (Å²) in [5, 5.41) is 9.88. The van der Waals surface area contributed by atoms with E-state index in [1.807, 2.05) is 7.05 Å². The quantitative estimate of drug-likeness (QED) is 0.914. The molecule has 1 aromatic carbocycles. The Labute approximate surface area is 116 Å². The number of nitrogens with zero attached hydrogens (tertiary/aromatic N) is 3. The van der Waals surface area contributed by atoms with Crippen LogP contribution >= 0.6 is 0 Å². The lowest BCUT2D eigenvalue weighted by molar-refractivity contribution is 0.0697. The Morgan fingerprint density at radius 3 is 3.00 bits per heavy atom. The number of likely N-dealkylation sites (N-methyl/N-ethyl adjacent to an activating group) is 1. The molecule has 1 aliphatic heterocycles. The fraction of sp³-hybridized carbons (Fsp3) is 0.357. The van der Waals surface area contributed by atoms with Crippen molar-refractivity contribution < 1.29 is 14.6 Å². The van der Waals surface area contributed by atoms with Crippen molar-refractivity contribution in [1.29, 1.82) is 0 Å². The van der Waals surface area contributed by atoms with Gasteiger partial charge in [0.2, 0.25) is 0 Å². The first-order valence-electron chi connectivity index (χ1n) is 6.45. The second kappa shape index (κ2) is 5.05. The Bertz CT molecular complexity index is 653. The van der Waals surface area contributed by atoms with E-state index in [1.54, 1.807) is 18.2 Å². The number of carboxylic acid groups (broad SMARTS) is 1. The minimum Gasteiger partial charge on any atom is -0.478 e. The summed E-state index contributed by atoms with van der Waals surface area (Å²) in [6, 6.07) is 5.21. The van der Waals surface area contributed by atoms with Crippen LogP contribution in [-0.2, 0) is 4.74 Å². The number of aromatic carboxylic acids is 1. The zero-order chi connectivity index (χ0) is 14.1. The van der Waals surface area contributed by atoms with Gasteiger partial charge in [0.15, 0.2) is 0 Å². The smallest absolute Gasteiger partial charge is 0.335 e. The highest BCUT2D eigenvalue weighted by molar-refractivity contribution is 5.96. The molecule has 1 atom stereocenters. The second-order valence-corrected chi connectivity index (χ2v) is 4.86. The molecular formula is C14H15N3O3. The average molecular weight is 273 g/mol. The van der Waals surface area contributed by atoms with E-state index in [4.69, 9.17) is 9.84 Å². The van der Waals surface area contributed by atoms with Crippen LogP contribution in [0.5, 0.6) is 0 Å². The molecule has 6 heteroatoms. The third kappa shape index (κ3) is 2.18. The summed E-state index contributed by atoms with van der Waals surface area (Å²) in [6.07, 6.45) is 2.44. The normalized spacial score (nSPS) is 18.4. The molecule has 2 heterocycles. The van der Waals surface area contributed by atoms with E-state index in [0.29, 0.717) is 18.2 Å². The molecule has 20 heavy (non-hydrogen) atoms. The van der Waals surface area contributed by atoms with Gasteiger partial charge in [-0.1, -0.05) is 0 Å². The molecule has 1 aromatic heterocycles. The van der Waals surface area contributed by atoms with Gasteiger partial charge in [0.1, 0.15) is 12.1 Å². The van der Waals surface area contributed by atoms with E-state index < -0.39 is 5.97 Å². The molecule has 0 amide bonds. The Hall–Kier alpha value is -2.21. The van der Waals surface area contributed by atoms with Gasteiger partial charge in [0.25, 0.3) is 0 Å². The Balaban J connectivity index is 2.04. The van der Waals surface area contributed by atoms with Gasteiger partial charge in [-0.2, -0.15) is 0 Å². The third-order valence-electron chi connectivity index (χ3n) is 3.65. The highest BCUT2D eigenvalue weighted by atomic mass is 16.5. The van der Waals surface area contributed by atoms with Crippen molar-refractivity contribution in [2.75, 3.05) is 25.2 Å². The monoisotopic (exact) mass is 273 g/mol.